The molecule has 2 bridgehead atoms. The van der Waals surface area contributed by atoms with Crippen LogP contribution < -0.4 is 0 Å². The summed E-state index contributed by atoms with van der Waals surface area (Å²) in [7, 11) is -7.67. The number of fused-ring (bicyclic) bond motifs is 2. The topological polar surface area (TPSA) is 87.7 Å². The number of aromatic nitrogens is 1. The van der Waals surface area contributed by atoms with E-state index in [9.17, 15) is 16.8 Å². The zero-order valence-corrected chi connectivity index (χ0v) is 24.4. The zero-order chi connectivity index (χ0) is 26.8. The Kier molecular flexibility index (Phi) is 9.54. The SMILES string of the molecule is C=C1CN(S(=O)(=O)c2ccc(C)cc2)CCc2cc(C)cc(n2)CCN(S(=O)(=O)c2ccc(C)cc2)C1.Cl. The first-order chi connectivity index (χ1) is 17.4. The predicted molar refractivity (Wildman–Crippen MR) is 153 cm³/mol. The molecule has 1 aliphatic heterocycles. The van der Waals surface area contributed by atoms with Crippen molar-refractivity contribution in [3.8, 4) is 0 Å². The predicted octanol–water partition coefficient (Wildman–Crippen LogP) is 4.47. The van der Waals surface area contributed by atoms with Gasteiger partial charge in [0.2, 0.25) is 20.0 Å². The van der Waals surface area contributed by atoms with Gasteiger partial charge >= 0.3 is 0 Å². The minimum Gasteiger partial charge on any atom is -0.258 e. The van der Waals surface area contributed by atoms with Crippen molar-refractivity contribution >= 4 is 32.5 Å². The fourth-order valence-electron chi connectivity index (χ4n) is 4.39. The van der Waals surface area contributed by atoms with Gasteiger partial charge in [-0.1, -0.05) is 42.0 Å². The highest BCUT2D eigenvalue weighted by Gasteiger charge is 2.29. The number of benzene rings is 2. The standard InChI is InChI=1S/C28H33N3O4S2.ClH/c1-21-5-9-27(10-6-21)36(32,33)30-15-13-25-17-23(3)18-26(29-25)14-16-31(20-24(4)19-30)37(34,35)28-11-7-22(2)8-12-28;/h5-12,17-18H,4,13-16,19-20H2,1-3H3;1H. The van der Waals surface area contributed by atoms with E-state index in [-0.39, 0.29) is 48.4 Å². The minimum atomic E-state index is -3.84. The molecule has 0 unspecified atom stereocenters. The van der Waals surface area contributed by atoms with Crippen molar-refractivity contribution in [1.29, 1.82) is 0 Å². The molecule has 0 aliphatic carbocycles. The molecule has 1 aromatic heterocycles. The molecule has 2 heterocycles. The van der Waals surface area contributed by atoms with Gasteiger partial charge in [-0.25, -0.2) is 16.8 Å². The second kappa shape index (κ2) is 12.1. The van der Waals surface area contributed by atoms with Crippen molar-refractivity contribution in [3.63, 3.8) is 0 Å². The number of pyridine rings is 1. The highest BCUT2D eigenvalue weighted by molar-refractivity contribution is 7.89. The summed E-state index contributed by atoms with van der Waals surface area (Å²) in [5, 5.41) is 0. The fraction of sp³-hybridized carbons (Fsp3) is 0.321. The van der Waals surface area contributed by atoms with E-state index in [1.165, 1.54) is 8.61 Å². The summed E-state index contributed by atoms with van der Waals surface area (Å²) in [6, 6.07) is 17.3. The van der Waals surface area contributed by atoms with Crippen LogP contribution in [0.2, 0.25) is 0 Å². The molecule has 4 rings (SSSR count). The van der Waals surface area contributed by atoms with Crippen molar-refractivity contribution < 1.29 is 16.8 Å². The molecule has 0 radical (unpaired) electrons. The lowest BCUT2D eigenvalue weighted by molar-refractivity contribution is 0.401. The number of hydrogen-bond acceptors (Lipinski definition) is 5. The van der Waals surface area contributed by atoms with Crippen LogP contribution in [0.5, 0.6) is 0 Å². The van der Waals surface area contributed by atoms with Crippen LogP contribution in [0.3, 0.4) is 0 Å². The Morgan fingerprint density at radius 1 is 0.658 bits per heavy atom. The number of halogens is 1. The first-order valence-electron chi connectivity index (χ1n) is 12.2. The monoisotopic (exact) mass is 575 g/mol. The third-order valence-electron chi connectivity index (χ3n) is 6.43. The van der Waals surface area contributed by atoms with Crippen LogP contribution in [0.4, 0.5) is 0 Å². The molecule has 3 aromatic rings. The number of sulfonamides is 2. The van der Waals surface area contributed by atoms with E-state index in [4.69, 9.17) is 4.98 Å². The molecule has 204 valence electrons. The normalized spacial score (nSPS) is 16.2. The van der Waals surface area contributed by atoms with Gasteiger partial charge in [-0.3, -0.25) is 4.98 Å². The number of hydrogen-bond donors (Lipinski definition) is 0. The molecule has 0 N–H and O–H groups in total. The van der Waals surface area contributed by atoms with Gasteiger partial charge in [0.1, 0.15) is 0 Å². The molecule has 1 aliphatic rings. The second-order valence-electron chi connectivity index (χ2n) is 9.68. The summed E-state index contributed by atoms with van der Waals surface area (Å²) < 4.78 is 57.2. The smallest absolute Gasteiger partial charge is 0.243 e. The van der Waals surface area contributed by atoms with Gasteiger partial charge in [-0.05, 0) is 68.3 Å². The first kappa shape index (κ1) is 30.0. The van der Waals surface area contributed by atoms with Gasteiger partial charge in [0.25, 0.3) is 0 Å². The maximum absolute atomic E-state index is 13.6. The lowest BCUT2D eigenvalue weighted by Crippen LogP contribution is -2.40. The fourth-order valence-corrected chi connectivity index (χ4v) is 7.31. The largest absolute Gasteiger partial charge is 0.258 e. The van der Waals surface area contributed by atoms with Crippen molar-refractivity contribution in [1.82, 2.24) is 13.6 Å². The van der Waals surface area contributed by atoms with Crippen LogP contribution in [0.25, 0.3) is 0 Å². The maximum Gasteiger partial charge on any atom is 0.243 e. The molecule has 7 nitrogen and oxygen atoms in total. The molecular weight excluding hydrogens is 542 g/mol. The van der Waals surface area contributed by atoms with E-state index in [1.807, 2.05) is 32.9 Å². The van der Waals surface area contributed by atoms with Crippen LogP contribution in [0.15, 0.2) is 82.6 Å². The van der Waals surface area contributed by atoms with Crippen LogP contribution in [0.1, 0.15) is 28.1 Å². The van der Waals surface area contributed by atoms with Crippen LogP contribution in [0, 0.1) is 20.8 Å². The number of rotatable bonds is 4. The summed E-state index contributed by atoms with van der Waals surface area (Å²) >= 11 is 0. The molecular formula is C28H34ClN3O4S2. The Balaban J connectivity index is 0.00000400. The van der Waals surface area contributed by atoms with Gasteiger partial charge in [0.15, 0.2) is 0 Å². The molecule has 0 saturated heterocycles. The Morgan fingerprint density at radius 3 is 1.39 bits per heavy atom. The van der Waals surface area contributed by atoms with Crippen molar-refractivity contribution in [2.45, 2.75) is 43.4 Å². The maximum atomic E-state index is 13.6. The lowest BCUT2D eigenvalue weighted by Gasteiger charge is -2.28. The van der Waals surface area contributed by atoms with Crippen molar-refractivity contribution in [2.24, 2.45) is 0 Å². The second-order valence-corrected chi connectivity index (χ2v) is 13.6. The van der Waals surface area contributed by atoms with E-state index >= 15 is 0 Å². The quantitative estimate of drug-likeness (QED) is 0.429. The number of nitrogens with zero attached hydrogens (tertiary/aromatic N) is 3. The average Bonchev–Trinajstić information content (AvgIpc) is 2.83. The van der Waals surface area contributed by atoms with Gasteiger partial charge in [0, 0.05) is 50.4 Å². The third kappa shape index (κ3) is 6.90. The minimum absolute atomic E-state index is 0. The summed E-state index contributed by atoms with van der Waals surface area (Å²) in [6.07, 6.45) is 0.886. The van der Waals surface area contributed by atoms with E-state index in [1.54, 1.807) is 48.5 Å². The Hall–Kier alpha value is -2.56. The molecule has 38 heavy (non-hydrogen) atoms. The van der Waals surface area contributed by atoms with E-state index < -0.39 is 20.0 Å². The zero-order valence-electron chi connectivity index (χ0n) is 21.9. The molecule has 0 atom stereocenters. The molecule has 0 fully saturated rings. The molecule has 10 heteroatoms. The highest BCUT2D eigenvalue weighted by atomic mass is 35.5. The van der Waals surface area contributed by atoms with Gasteiger partial charge in [-0.15, -0.1) is 12.4 Å². The average molecular weight is 576 g/mol. The molecule has 0 spiro atoms. The van der Waals surface area contributed by atoms with Crippen LogP contribution in [-0.2, 0) is 32.9 Å². The molecule has 0 amide bonds. The molecule has 0 saturated carbocycles. The number of aryl methyl sites for hydroxylation is 3. The van der Waals surface area contributed by atoms with Gasteiger partial charge < -0.3 is 0 Å². The van der Waals surface area contributed by atoms with Crippen LogP contribution >= 0.6 is 12.4 Å². The Bertz CT molecular complexity index is 1390. The van der Waals surface area contributed by atoms with E-state index in [2.05, 4.69) is 6.58 Å². The summed E-state index contributed by atoms with van der Waals surface area (Å²) in [4.78, 5) is 5.11. The first-order valence-corrected chi connectivity index (χ1v) is 15.1. The van der Waals surface area contributed by atoms with E-state index in [0.29, 0.717) is 18.4 Å². The van der Waals surface area contributed by atoms with Gasteiger partial charge in [-0.2, -0.15) is 8.61 Å². The highest BCUT2D eigenvalue weighted by Crippen LogP contribution is 2.22. The summed E-state index contributed by atoms with van der Waals surface area (Å²) in [5.41, 5.74) is 4.98. The Labute approximate surface area is 232 Å². The third-order valence-corrected chi connectivity index (χ3v) is 10.1. The van der Waals surface area contributed by atoms with E-state index in [0.717, 1.165) is 28.1 Å². The lowest BCUT2D eigenvalue weighted by atomic mass is 10.1. The van der Waals surface area contributed by atoms with Crippen LogP contribution in [-0.4, -0.2) is 56.6 Å². The molecule has 2 aromatic carbocycles. The summed E-state index contributed by atoms with van der Waals surface area (Å²) in [5.74, 6) is 0. The van der Waals surface area contributed by atoms with Gasteiger partial charge in [0.05, 0.1) is 9.79 Å². The Morgan fingerprint density at radius 2 is 1.03 bits per heavy atom. The van der Waals surface area contributed by atoms with Crippen molar-refractivity contribution in [2.75, 3.05) is 26.2 Å². The van der Waals surface area contributed by atoms with Crippen molar-refractivity contribution in [3.05, 3.63) is 101 Å². The summed E-state index contributed by atoms with van der Waals surface area (Å²) in [6.45, 7) is 10.3.